The van der Waals surface area contributed by atoms with Crippen molar-refractivity contribution in [1.82, 2.24) is 14.5 Å². The van der Waals surface area contributed by atoms with E-state index in [0.717, 1.165) is 24.6 Å². The highest BCUT2D eigenvalue weighted by Crippen LogP contribution is 2.30. The number of sulfonamides is 1. The summed E-state index contributed by atoms with van der Waals surface area (Å²) in [4.78, 5) is 12.6. The summed E-state index contributed by atoms with van der Waals surface area (Å²) in [5.41, 5.74) is 1.08. The van der Waals surface area contributed by atoms with Gasteiger partial charge in [0.05, 0.1) is 30.6 Å². The predicted octanol–water partition coefficient (Wildman–Crippen LogP) is 3.27. The molecule has 1 aliphatic rings. The molecule has 10 nitrogen and oxygen atoms in total. The van der Waals surface area contributed by atoms with E-state index < -0.39 is 10.0 Å². The van der Waals surface area contributed by atoms with Crippen LogP contribution >= 0.6 is 11.8 Å². The molecule has 1 aliphatic heterocycles. The largest absolute Gasteiger partial charge is 0.497 e. The van der Waals surface area contributed by atoms with Crippen molar-refractivity contribution in [3.05, 3.63) is 42.5 Å². The number of thioether (sulfide) groups is 1. The number of nitrogens with one attached hydrogen (secondary N) is 1. The second kappa shape index (κ2) is 10.5. The van der Waals surface area contributed by atoms with Crippen LogP contribution in [0.4, 0.5) is 5.69 Å². The van der Waals surface area contributed by atoms with Crippen LogP contribution in [-0.2, 0) is 14.8 Å². The van der Waals surface area contributed by atoms with E-state index in [4.69, 9.17) is 13.9 Å². The number of methoxy groups -OCH3 is 2. The molecule has 180 valence electrons. The Balaban J connectivity index is 1.37. The van der Waals surface area contributed by atoms with Crippen molar-refractivity contribution in [2.75, 3.05) is 38.4 Å². The number of nitrogens with zero attached hydrogens (tertiary/aromatic N) is 3. The van der Waals surface area contributed by atoms with Gasteiger partial charge in [0, 0.05) is 24.7 Å². The van der Waals surface area contributed by atoms with Gasteiger partial charge in [0.25, 0.3) is 5.22 Å². The smallest absolute Gasteiger partial charge is 0.277 e. The van der Waals surface area contributed by atoms with Crippen LogP contribution in [0, 0.1) is 0 Å². The van der Waals surface area contributed by atoms with Crippen LogP contribution in [0.5, 0.6) is 11.5 Å². The molecule has 0 radical (unpaired) electrons. The summed E-state index contributed by atoms with van der Waals surface area (Å²) in [7, 11) is -0.432. The summed E-state index contributed by atoms with van der Waals surface area (Å²) in [5.74, 6) is 1.09. The first kappa shape index (κ1) is 24.0. The topological polar surface area (TPSA) is 124 Å². The van der Waals surface area contributed by atoms with E-state index in [1.165, 1.54) is 30.7 Å². The van der Waals surface area contributed by atoms with E-state index >= 15 is 0 Å². The van der Waals surface area contributed by atoms with Gasteiger partial charge in [0.2, 0.25) is 21.8 Å². The van der Waals surface area contributed by atoms with Gasteiger partial charge in [-0.1, -0.05) is 11.8 Å². The van der Waals surface area contributed by atoms with Gasteiger partial charge in [-0.3, -0.25) is 4.79 Å². The van der Waals surface area contributed by atoms with E-state index in [1.807, 2.05) is 0 Å². The fourth-order valence-electron chi connectivity index (χ4n) is 3.46. The second-order valence-electron chi connectivity index (χ2n) is 7.41. The molecule has 0 saturated carbocycles. The van der Waals surface area contributed by atoms with Crippen molar-refractivity contribution in [3.8, 4) is 23.0 Å². The van der Waals surface area contributed by atoms with Crippen LogP contribution in [-0.4, -0.2) is 61.9 Å². The zero-order chi connectivity index (χ0) is 24.1. The molecule has 2 heterocycles. The highest BCUT2D eigenvalue weighted by molar-refractivity contribution is 7.99. The quantitative estimate of drug-likeness (QED) is 0.437. The molecule has 0 unspecified atom stereocenters. The van der Waals surface area contributed by atoms with Gasteiger partial charge in [-0.2, -0.15) is 4.31 Å². The van der Waals surface area contributed by atoms with Crippen LogP contribution in [0.3, 0.4) is 0 Å². The van der Waals surface area contributed by atoms with Crippen molar-refractivity contribution in [3.63, 3.8) is 0 Å². The van der Waals surface area contributed by atoms with Crippen molar-refractivity contribution >= 4 is 33.4 Å². The summed E-state index contributed by atoms with van der Waals surface area (Å²) in [6, 6.07) is 11.4. The Labute approximate surface area is 201 Å². The van der Waals surface area contributed by atoms with Gasteiger partial charge < -0.3 is 19.2 Å². The Kier molecular flexibility index (Phi) is 7.39. The van der Waals surface area contributed by atoms with E-state index in [0.29, 0.717) is 35.8 Å². The van der Waals surface area contributed by atoms with Crippen LogP contribution in [0.15, 0.2) is 57.0 Å². The molecule has 1 fully saturated rings. The Bertz CT molecular complexity index is 1250. The van der Waals surface area contributed by atoms with Crippen molar-refractivity contribution in [2.45, 2.75) is 23.0 Å². The van der Waals surface area contributed by atoms with Crippen LogP contribution in [0.2, 0.25) is 0 Å². The summed E-state index contributed by atoms with van der Waals surface area (Å²) < 4.78 is 42.9. The molecular weight excluding hydrogens is 480 g/mol. The highest BCUT2D eigenvalue weighted by Gasteiger charge is 2.27. The van der Waals surface area contributed by atoms with Gasteiger partial charge in [0.15, 0.2) is 0 Å². The zero-order valence-electron chi connectivity index (χ0n) is 18.7. The molecule has 2 aromatic carbocycles. The van der Waals surface area contributed by atoms with Gasteiger partial charge in [-0.05, 0) is 49.2 Å². The third-order valence-electron chi connectivity index (χ3n) is 5.22. The van der Waals surface area contributed by atoms with Crippen molar-refractivity contribution in [2.24, 2.45) is 0 Å². The molecule has 12 heteroatoms. The third kappa shape index (κ3) is 5.34. The molecule has 0 aliphatic carbocycles. The van der Waals surface area contributed by atoms with Crippen LogP contribution in [0.1, 0.15) is 12.8 Å². The first-order chi connectivity index (χ1) is 16.4. The van der Waals surface area contributed by atoms with Gasteiger partial charge in [-0.15, -0.1) is 10.2 Å². The molecule has 0 bridgehead atoms. The number of ether oxygens (including phenoxy) is 2. The Morgan fingerprint density at radius 2 is 1.82 bits per heavy atom. The fraction of sp³-hybridized carbons (Fsp3) is 0.318. The Hall–Kier alpha value is -3.09. The SMILES string of the molecule is COc1ccc(OC)c(NC(=O)CSc2nnc(-c3ccc(S(=O)(=O)N4CCCC4)cc3)o2)c1. The first-order valence-corrected chi connectivity index (χ1v) is 12.9. The normalized spacial score (nSPS) is 14.2. The van der Waals surface area contributed by atoms with Crippen molar-refractivity contribution in [1.29, 1.82) is 0 Å². The summed E-state index contributed by atoms with van der Waals surface area (Å²) in [5, 5.41) is 11.0. The first-order valence-electron chi connectivity index (χ1n) is 10.5. The standard InChI is InChI=1S/C22H24N4O6S2/c1-30-16-7-10-19(31-2)18(13-16)23-20(27)14-33-22-25-24-21(32-22)15-5-8-17(9-6-15)34(28,29)26-11-3-4-12-26/h5-10,13H,3-4,11-12,14H2,1-2H3,(H,23,27). The van der Waals surface area contributed by atoms with Gasteiger partial charge in [0.1, 0.15) is 11.5 Å². The molecule has 4 rings (SSSR count). The number of hydrogen-bond acceptors (Lipinski definition) is 9. The highest BCUT2D eigenvalue weighted by atomic mass is 32.2. The number of rotatable bonds is 9. The average molecular weight is 505 g/mol. The lowest BCUT2D eigenvalue weighted by Gasteiger charge is -2.15. The summed E-state index contributed by atoms with van der Waals surface area (Å²) in [6.45, 7) is 1.10. The molecule has 34 heavy (non-hydrogen) atoms. The van der Waals surface area contributed by atoms with Crippen LogP contribution in [0.25, 0.3) is 11.5 Å². The average Bonchev–Trinajstić information content (AvgIpc) is 3.56. The number of benzene rings is 2. The third-order valence-corrected chi connectivity index (χ3v) is 7.95. The lowest BCUT2D eigenvalue weighted by Crippen LogP contribution is -2.27. The number of carbonyl (C=O) groups is 1. The second-order valence-corrected chi connectivity index (χ2v) is 10.3. The maximum atomic E-state index is 12.7. The number of carbonyl (C=O) groups excluding carboxylic acids is 1. The lowest BCUT2D eigenvalue weighted by molar-refractivity contribution is -0.113. The molecule has 1 aromatic heterocycles. The number of hydrogen-bond donors (Lipinski definition) is 1. The lowest BCUT2D eigenvalue weighted by atomic mass is 10.2. The van der Waals surface area contributed by atoms with Gasteiger partial charge in [-0.25, -0.2) is 8.42 Å². The minimum Gasteiger partial charge on any atom is -0.497 e. The Morgan fingerprint density at radius 1 is 1.09 bits per heavy atom. The molecule has 1 saturated heterocycles. The molecule has 0 atom stereocenters. The molecular formula is C22H24N4O6S2. The molecule has 1 N–H and O–H groups in total. The minimum atomic E-state index is -3.48. The Morgan fingerprint density at radius 3 is 2.50 bits per heavy atom. The van der Waals surface area contributed by atoms with E-state index in [2.05, 4.69) is 15.5 Å². The maximum absolute atomic E-state index is 12.7. The van der Waals surface area contributed by atoms with E-state index in [1.54, 1.807) is 30.3 Å². The number of amides is 1. The summed E-state index contributed by atoms with van der Waals surface area (Å²) >= 11 is 1.08. The monoisotopic (exact) mass is 504 g/mol. The van der Waals surface area contributed by atoms with E-state index in [-0.39, 0.29) is 27.7 Å². The molecule has 3 aromatic rings. The minimum absolute atomic E-state index is 0.0367. The molecule has 0 spiro atoms. The number of aromatic nitrogens is 2. The van der Waals surface area contributed by atoms with Gasteiger partial charge >= 0.3 is 0 Å². The zero-order valence-corrected chi connectivity index (χ0v) is 20.3. The summed E-state index contributed by atoms with van der Waals surface area (Å²) in [6.07, 6.45) is 1.76. The number of anilines is 1. The predicted molar refractivity (Wildman–Crippen MR) is 127 cm³/mol. The molecule has 1 amide bonds. The maximum Gasteiger partial charge on any atom is 0.277 e. The van der Waals surface area contributed by atoms with Crippen LogP contribution < -0.4 is 14.8 Å². The fourth-order valence-corrected chi connectivity index (χ4v) is 5.54. The van der Waals surface area contributed by atoms with Crippen molar-refractivity contribution < 1.29 is 27.1 Å². The van der Waals surface area contributed by atoms with E-state index in [9.17, 15) is 13.2 Å².